The zero-order chi connectivity index (χ0) is 19.4. The molecule has 0 heterocycles. The number of aliphatic carboxylic acids is 1. The van der Waals surface area contributed by atoms with Gasteiger partial charge in [0, 0.05) is 26.8 Å². The Bertz CT molecular complexity index is 912. The monoisotopic (exact) mass is 420 g/mol. The third-order valence-corrected chi connectivity index (χ3v) is 5.62. The highest BCUT2D eigenvalue weighted by atomic mass is 35.5. The topological polar surface area (TPSA) is 69.6 Å². The molecule has 0 amide bonds. The van der Waals surface area contributed by atoms with Crippen LogP contribution in [-0.2, 0) is 16.0 Å². The minimum absolute atomic E-state index is 0.389. The van der Waals surface area contributed by atoms with Gasteiger partial charge in [0.15, 0.2) is 9.79 Å². The van der Waals surface area contributed by atoms with Crippen LogP contribution in [0.2, 0.25) is 10.0 Å². The Balaban J connectivity index is 1.79. The highest BCUT2D eigenvalue weighted by Crippen LogP contribution is 2.27. The summed E-state index contributed by atoms with van der Waals surface area (Å²) in [6.07, 6.45) is -1.19. The molecule has 0 radical (unpaired) electrons. The first kappa shape index (κ1) is 19.6. The van der Waals surface area contributed by atoms with Gasteiger partial charge in [-0.25, -0.2) is 4.79 Å². The van der Waals surface area contributed by atoms with Crippen LogP contribution < -0.4 is 4.74 Å². The molecular formula is C20H14Cl2O4S. The standard InChI is InChI=1S/C20H14Cl2O4S/c21-14-3-7-16(8-4-14)26-19(20(23)24)13-1-9-17(10-2-13)27(25)18-11-5-15(22)6-12-18/h1-12,19H,(H,23,24). The molecule has 0 aromatic heterocycles. The smallest absolute Gasteiger partial charge is 0.349 e. The summed E-state index contributed by atoms with van der Waals surface area (Å²) >= 11 is 10.3. The lowest BCUT2D eigenvalue weighted by molar-refractivity contribution is -0.145. The molecule has 1 N–H and O–H groups in total. The van der Waals surface area contributed by atoms with E-state index in [9.17, 15) is 14.5 Å². The van der Waals surface area contributed by atoms with E-state index in [1.54, 1.807) is 72.8 Å². The van der Waals surface area contributed by atoms with Crippen molar-refractivity contribution in [1.82, 2.24) is 0 Å². The SMILES string of the molecule is O=C(O)C(Oc1ccc(Cl)cc1)c1ccc([S+]([O-])c2ccc(Cl)cc2)cc1. The molecule has 0 saturated carbocycles. The Morgan fingerprint density at radius 1 is 0.852 bits per heavy atom. The van der Waals surface area contributed by atoms with E-state index in [-0.39, 0.29) is 0 Å². The van der Waals surface area contributed by atoms with Crippen LogP contribution in [0.5, 0.6) is 5.75 Å². The minimum atomic E-state index is -1.39. The van der Waals surface area contributed by atoms with E-state index >= 15 is 0 Å². The van der Waals surface area contributed by atoms with Crippen molar-refractivity contribution < 1.29 is 19.2 Å². The van der Waals surface area contributed by atoms with E-state index < -0.39 is 23.2 Å². The first-order valence-electron chi connectivity index (χ1n) is 7.86. The number of rotatable bonds is 6. The molecule has 0 aliphatic carbocycles. The maximum atomic E-state index is 12.6. The highest BCUT2D eigenvalue weighted by Gasteiger charge is 2.23. The molecule has 138 valence electrons. The molecule has 0 fully saturated rings. The second kappa shape index (κ2) is 8.67. The molecule has 3 aromatic carbocycles. The fraction of sp³-hybridized carbons (Fsp3) is 0.0500. The van der Waals surface area contributed by atoms with Crippen molar-refractivity contribution in [2.45, 2.75) is 15.9 Å². The first-order chi connectivity index (χ1) is 12.9. The summed E-state index contributed by atoms with van der Waals surface area (Å²) in [6.45, 7) is 0. The van der Waals surface area contributed by atoms with Crippen molar-refractivity contribution in [2.24, 2.45) is 0 Å². The zero-order valence-corrected chi connectivity index (χ0v) is 16.2. The van der Waals surface area contributed by atoms with Crippen LogP contribution in [0.15, 0.2) is 82.6 Å². The van der Waals surface area contributed by atoms with Crippen molar-refractivity contribution in [3.8, 4) is 5.75 Å². The Morgan fingerprint density at radius 2 is 1.30 bits per heavy atom. The largest absolute Gasteiger partial charge is 0.606 e. The first-order valence-corrected chi connectivity index (χ1v) is 9.77. The quantitative estimate of drug-likeness (QED) is 0.544. The summed E-state index contributed by atoms with van der Waals surface area (Å²) in [5.74, 6) is -0.739. The van der Waals surface area contributed by atoms with Crippen molar-refractivity contribution in [2.75, 3.05) is 0 Å². The van der Waals surface area contributed by atoms with E-state index in [2.05, 4.69) is 0 Å². The molecule has 3 rings (SSSR count). The lowest BCUT2D eigenvalue weighted by Crippen LogP contribution is -2.18. The van der Waals surface area contributed by atoms with Crippen molar-refractivity contribution in [1.29, 1.82) is 0 Å². The number of hydrogen-bond donors (Lipinski definition) is 1. The van der Waals surface area contributed by atoms with E-state index in [4.69, 9.17) is 27.9 Å². The van der Waals surface area contributed by atoms with Gasteiger partial charge in [-0.2, -0.15) is 0 Å². The molecule has 2 atom stereocenters. The van der Waals surface area contributed by atoms with Gasteiger partial charge in [-0.15, -0.1) is 0 Å². The average Bonchev–Trinajstić information content (AvgIpc) is 2.67. The Morgan fingerprint density at radius 3 is 1.78 bits per heavy atom. The molecule has 3 aromatic rings. The molecule has 2 unspecified atom stereocenters. The number of halogens is 2. The van der Waals surface area contributed by atoms with Crippen LogP contribution in [0.1, 0.15) is 11.7 Å². The molecule has 0 aliphatic heterocycles. The Labute approximate surface area is 169 Å². The normalized spacial score (nSPS) is 13.0. The lowest BCUT2D eigenvalue weighted by Gasteiger charge is -2.16. The lowest BCUT2D eigenvalue weighted by atomic mass is 10.1. The maximum Gasteiger partial charge on any atom is 0.349 e. The Hall–Kier alpha value is -2.18. The van der Waals surface area contributed by atoms with E-state index in [1.165, 1.54) is 0 Å². The number of carboxylic acid groups (broad SMARTS) is 1. The van der Waals surface area contributed by atoms with Gasteiger partial charge in [0.1, 0.15) is 5.75 Å². The van der Waals surface area contributed by atoms with Gasteiger partial charge in [-0.3, -0.25) is 0 Å². The van der Waals surface area contributed by atoms with Crippen LogP contribution in [0.4, 0.5) is 0 Å². The molecular weight excluding hydrogens is 407 g/mol. The van der Waals surface area contributed by atoms with Gasteiger partial charge in [0.05, 0.1) is 0 Å². The third kappa shape index (κ3) is 4.96. The number of ether oxygens (including phenoxy) is 1. The average molecular weight is 421 g/mol. The molecule has 0 spiro atoms. The molecule has 0 saturated heterocycles. The molecule has 0 aliphatic rings. The molecule has 7 heteroatoms. The van der Waals surface area contributed by atoms with Gasteiger partial charge in [0.25, 0.3) is 0 Å². The summed E-state index contributed by atoms with van der Waals surface area (Å²) in [5.41, 5.74) is 0.439. The van der Waals surface area contributed by atoms with Gasteiger partial charge in [0.2, 0.25) is 6.10 Å². The summed E-state index contributed by atoms with van der Waals surface area (Å²) in [7, 11) is 0. The predicted octanol–water partition coefficient (Wildman–Crippen LogP) is 5.36. The van der Waals surface area contributed by atoms with Gasteiger partial charge in [-0.1, -0.05) is 23.2 Å². The van der Waals surface area contributed by atoms with Gasteiger partial charge < -0.3 is 14.4 Å². The van der Waals surface area contributed by atoms with Crippen molar-refractivity contribution in [3.63, 3.8) is 0 Å². The third-order valence-electron chi connectivity index (χ3n) is 3.72. The summed E-state index contributed by atoms with van der Waals surface area (Å²) in [5, 5.41) is 10.6. The van der Waals surface area contributed by atoms with Gasteiger partial charge in [-0.05, 0) is 72.8 Å². The molecule has 27 heavy (non-hydrogen) atoms. The van der Waals surface area contributed by atoms with Crippen molar-refractivity contribution in [3.05, 3.63) is 88.4 Å². The van der Waals surface area contributed by atoms with E-state index in [0.717, 1.165) is 0 Å². The fourth-order valence-corrected chi connectivity index (χ4v) is 3.66. The van der Waals surface area contributed by atoms with Crippen LogP contribution in [0, 0.1) is 0 Å². The fourth-order valence-electron chi connectivity index (χ4n) is 2.37. The second-order valence-corrected chi connectivity index (χ2v) is 7.93. The molecule has 4 nitrogen and oxygen atoms in total. The van der Waals surface area contributed by atoms with Crippen LogP contribution in [-0.4, -0.2) is 15.6 Å². The number of carbonyl (C=O) groups is 1. The van der Waals surface area contributed by atoms with E-state index in [0.29, 0.717) is 31.1 Å². The minimum Gasteiger partial charge on any atom is -0.606 e. The zero-order valence-electron chi connectivity index (χ0n) is 13.8. The summed E-state index contributed by atoms with van der Waals surface area (Å²) in [4.78, 5) is 12.8. The number of benzene rings is 3. The maximum absolute atomic E-state index is 12.6. The summed E-state index contributed by atoms with van der Waals surface area (Å²) in [6, 6.07) is 19.6. The predicted molar refractivity (Wildman–Crippen MR) is 105 cm³/mol. The number of hydrogen-bond acceptors (Lipinski definition) is 3. The van der Waals surface area contributed by atoms with E-state index in [1.807, 2.05) is 0 Å². The van der Waals surface area contributed by atoms with Crippen molar-refractivity contribution >= 4 is 40.3 Å². The van der Waals surface area contributed by atoms with Gasteiger partial charge >= 0.3 is 5.97 Å². The number of carboxylic acids is 1. The molecule has 0 bridgehead atoms. The highest BCUT2D eigenvalue weighted by molar-refractivity contribution is 7.91. The summed E-state index contributed by atoms with van der Waals surface area (Å²) < 4.78 is 18.2. The van der Waals surface area contributed by atoms with Crippen LogP contribution in [0.3, 0.4) is 0 Å². The van der Waals surface area contributed by atoms with Crippen LogP contribution in [0.25, 0.3) is 0 Å². The second-order valence-electron chi connectivity index (χ2n) is 5.58. The Kier molecular flexibility index (Phi) is 6.29. The van der Waals surface area contributed by atoms with Crippen LogP contribution >= 0.6 is 23.2 Å².